The Balaban J connectivity index is 2.09. The Morgan fingerprint density at radius 2 is 2.00 bits per heavy atom. The fourth-order valence-electron chi connectivity index (χ4n) is 3.12. The average molecular weight is 180 g/mol. The number of hydrogen-bond acceptors (Lipinski definition) is 3. The topological polar surface area (TPSA) is 46.7 Å². The summed E-state index contributed by atoms with van der Waals surface area (Å²) in [4.78, 5) is 23.3. The van der Waals surface area contributed by atoms with Gasteiger partial charge in [0.25, 0.3) is 0 Å². The monoisotopic (exact) mass is 180 g/mol. The molecular formula is C10H12O3. The molecule has 2 saturated carbocycles. The van der Waals surface area contributed by atoms with Crippen LogP contribution in [0.15, 0.2) is 0 Å². The van der Waals surface area contributed by atoms with Crippen LogP contribution in [0.3, 0.4) is 0 Å². The summed E-state index contributed by atoms with van der Waals surface area (Å²) in [6.45, 7) is 5.72. The van der Waals surface area contributed by atoms with Gasteiger partial charge in [-0.2, -0.15) is 0 Å². The molecule has 0 spiro atoms. The van der Waals surface area contributed by atoms with Gasteiger partial charge >= 0.3 is 0 Å². The highest BCUT2D eigenvalue weighted by Gasteiger charge is 3.04. The molecule has 3 fully saturated rings. The Kier molecular flexibility index (Phi) is 0.884. The minimum Gasteiger partial charge on any atom is -0.352 e. The van der Waals surface area contributed by atoms with E-state index in [1.807, 2.05) is 13.8 Å². The molecule has 1 heterocycles. The summed E-state index contributed by atoms with van der Waals surface area (Å²) >= 11 is 0. The Morgan fingerprint density at radius 3 is 2.54 bits per heavy atom. The third-order valence-corrected chi connectivity index (χ3v) is 4.33. The number of ketones is 2. The second-order valence-corrected chi connectivity index (χ2v) is 4.96. The van der Waals surface area contributed by atoms with Crippen LogP contribution in [0.2, 0.25) is 0 Å². The van der Waals surface area contributed by atoms with Crippen molar-refractivity contribution in [2.24, 2.45) is 11.3 Å². The van der Waals surface area contributed by atoms with E-state index in [2.05, 4.69) is 0 Å². The van der Waals surface area contributed by atoms with Crippen LogP contribution in [0.4, 0.5) is 0 Å². The molecule has 3 atom stereocenters. The lowest BCUT2D eigenvalue weighted by atomic mass is 9.88. The van der Waals surface area contributed by atoms with Crippen LogP contribution < -0.4 is 0 Å². The molecule has 70 valence electrons. The summed E-state index contributed by atoms with van der Waals surface area (Å²) in [6.07, 6.45) is 0.437. The van der Waals surface area contributed by atoms with Crippen molar-refractivity contribution >= 4 is 11.6 Å². The highest BCUT2D eigenvalue weighted by Crippen LogP contribution is 2.87. The smallest absolute Gasteiger partial charge is 0.178 e. The van der Waals surface area contributed by atoms with Gasteiger partial charge in [-0.3, -0.25) is 9.59 Å². The van der Waals surface area contributed by atoms with Crippen LogP contribution in [0, 0.1) is 11.3 Å². The molecule has 0 amide bonds. The van der Waals surface area contributed by atoms with E-state index in [9.17, 15) is 9.59 Å². The summed E-state index contributed by atoms with van der Waals surface area (Å²) in [6, 6.07) is 0. The molecule has 0 N–H and O–H groups in total. The number of epoxide rings is 1. The molecule has 0 aromatic carbocycles. The molecule has 1 saturated heterocycles. The minimum atomic E-state index is -0.562. The molecular weight excluding hydrogens is 168 g/mol. The number of carbonyl (C=O) groups excluding carboxylic acids is 2. The van der Waals surface area contributed by atoms with Crippen molar-refractivity contribution in [3.63, 3.8) is 0 Å². The van der Waals surface area contributed by atoms with Gasteiger partial charge in [0.15, 0.2) is 11.4 Å². The molecule has 3 rings (SSSR count). The number of rotatable bonds is 0. The summed E-state index contributed by atoms with van der Waals surface area (Å²) < 4.78 is 5.44. The number of carbonyl (C=O) groups is 2. The van der Waals surface area contributed by atoms with E-state index >= 15 is 0 Å². The number of hydrogen-bond donors (Lipinski definition) is 0. The first-order chi connectivity index (χ1) is 5.91. The van der Waals surface area contributed by atoms with Crippen molar-refractivity contribution in [3.8, 4) is 0 Å². The average Bonchev–Trinajstić information content (AvgIpc) is 2.84. The van der Waals surface area contributed by atoms with Gasteiger partial charge in [0.2, 0.25) is 0 Å². The van der Waals surface area contributed by atoms with Crippen LogP contribution in [-0.4, -0.2) is 22.8 Å². The lowest BCUT2D eigenvalue weighted by Crippen LogP contribution is -2.33. The third-order valence-electron chi connectivity index (χ3n) is 4.33. The van der Waals surface area contributed by atoms with Gasteiger partial charge in [0.1, 0.15) is 11.4 Å². The van der Waals surface area contributed by atoms with Gasteiger partial charge in [-0.05, 0) is 6.92 Å². The molecule has 2 aliphatic carbocycles. The van der Waals surface area contributed by atoms with Crippen molar-refractivity contribution in [3.05, 3.63) is 0 Å². The van der Waals surface area contributed by atoms with Crippen molar-refractivity contribution in [2.75, 3.05) is 0 Å². The molecule has 3 nitrogen and oxygen atoms in total. The standard InChI is InChI=1S/C10H12O3/c1-5-6(11)4-9-8(2,3)10(9,13-9)7(5)12/h5H,4H2,1-3H3. The maximum atomic E-state index is 11.8. The normalized spacial score (nSPS) is 55.5. The Morgan fingerprint density at radius 1 is 1.38 bits per heavy atom. The summed E-state index contributed by atoms with van der Waals surface area (Å²) in [5.74, 6) is -0.394. The van der Waals surface area contributed by atoms with Crippen LogP contribution in [0.1, 0.15) is 27.2 Å². The minimum absolute atomic E-state index is 0.00810. The second-order valence-electron chi connectivity index (χ2n) is 4.96. The van der Waals surface area contributed by atoms with Crippen molar-refractivity contribution in [2.45, 2.75) is 38.4 Å². The first kappa shape index (κ1) is 7.68. The largest absolute Gasteiger partial charge is 0.352 e. The Bertz CT molecular complexity index is 357. The van der Waals surface area contributed by atoms with Gasteiger partial charge in [-0.1, -0.05) is 13.8 Å². The fourth-order valence-corrected chi connectivity index (χ4v) is 3.12. The highest BCUT2D eigenvalue weighted by atomic mass is 16.7. The zero-order chi connectivity index (χ0) is 9.65. The first-order valence-corrected chi connectivity index (χ1v) is 4.68. The molecule has 13 heavy (non-hydrogen) atoms. The van der Waals surface area contributed by atoms with Crippen LogP contribution in [0.5, 0.6) is 0 Å². The van der Waals surface area contributed by atoms with E-state index in [0.29, 0.717) is 6.42 Å². The molecule has 3 aliphatic rings. The zero-order valence-corrected chi connectivity index (χ0v) is 8.01. The maximum absolute atomic E-state index is 11.8. The van der Waals surface area contributed by atoms with E-state index in [4.69, 9.17) is 4.74 Å². The van der Waals surface area contributed by atoms with Gasteiger partial charge in [0.05, 0.1) is 5.92 Å². The SMILES string of the molecule is CC1C(=O)CC23OC2(C1=O)C3(C)C. The lowest BCUT2D eigenvalue weighted by Gasteiger charge is -2.15. The first-order valence-electron chi connectivity index (χ1n) is 4.68. The summed E-state index contributed by atoms with van der Waals surface area (Å²) in [5.41, 5.74) is -1.05. The predicted octanol–water partition coefficient (Wildman–Crippen LogP) is 0.712. The molecule has 0 aromatic rings. The third kappa shape index (κ3) is 0.437. The second kappa shape index (κ2) is 1.50. The highest BCUT2D eigenvalue weighted by molar-refractivity contribution is 6.16. The predicted molar refractivity (Wildman–Crippen MR) is 44.1 cm³/mol. The van der Waals surface area contributed by atoms with E-state index in [0.717, 1.165) is 0 Å². The zero-order valence-electron chi connectivity index (χ0n) is 8.01. The van der Waals surface area contributed by atoms with E-state index < -0.39 is 11.5 Å². The van der Waals surface area contributed by atoms with Crippen molar-refractivity contribution < 1.29 is 14.3 Å². The van der Waals surface area contributed by atoms with Crippen LogP contribution in [0.25, 0.3) is 0 Å². The van der Waals surface area contributed by atoms with Gasteiger partial charge in [-0.15, -0.1) is 0 Å². The van der Waals surface area contributed by atoms with E-state index in [-0.39, 0.29) is 22.6 Å². The molecule has 3 unspecified atom stereocenters. The molecule has 0 bridgehead atoms. The molecule has 0 radical (unpaired) electrons. The van der Waals surface area contributed by atoms with Gasteiger partial charge < -0.3 is 4.74 Å². The number of Topliss-reactive ketones (excluding diaryl/α,β-unsaturated/α-hetero) is 2. The molecule has 1 aliphatic heterocycles. The van der Waals surface area contributed by atoms with Gasteiger partial charge in [0, 0.05) is 11.8 Å². The Labute approximate surface area is 76.4 Å². The maximum Gasteiger partial charge on any atom is 0.178 e. The molecule has 3 heteroatoms. The van der Waals surface area contributed by atoms with Crippen molar-refractivity contribution in [1.29, 1.82) is 0 Å². The lowest BCUT2D eigenvalue weighted by molar-refractivity contribution is -0.135. The summed E-state index contributed by atoms with van der Waals surface area (Å²) in [5, 5.41) is 0. The summed E-state index contributed by atoms with van der Waals surface area (Å²) in [7, 11) is 0. The van der Waals surface area contributed by atoms with Crippen molar-refractivity contribution in [1.82, 2.24) is 0 Å². The Hall–Kier alpha value is -0.700. The van der Waals surface area contributed by atoms with Crippen LogP contribution in [-0.2, 0) is 14.3 Å². The number of ether oxygens (including phenoxy) is 1. The van der Waals surface area contributed by atoms with E-state index in [1.165, 1.54) is 0 Å². The molecule has 0 aromatic heterocycles. The quantitative estimate of drug-likeness (QED) is 0.407. The van der Waals surface area contributed by atoms with E-state index in [1.54, 1.807) is 6.92 Å². The van der Waals surface area contributed by atoms with Gasteiger partial charge in [-0.25, -0.2) is 0 Å². The fraction of sp³-hybridized carbons (Fsp3) is 0.800. The van der Waals surface area contributed by atoms with Crippen LogP contribution >= 0.6 is 0 Å².